The minimum atomic E-state index is 0.586. The fraction of sp³-hybridized carbons (Fsp3) is 0.650. The van der Waals surface area contributed by atoms with Crippen molar-refractivity contribution >= 4 is 5.96 Å². The van der Waals surface area contributed by atoms with E-state index in [1.54, 1.807) is 7.11 Å². The zero-order valence-electron chi connectivity index (χ0n) is 16.9. The van der Waals surface area contributed by atoms with Crippen molar-refractivity contribution in [3.8, 4) is 11.5 Å². The van der Waals surface area contributed by atoms with Gasteiger partial charge in [-0.25, -0.2) is 4.99 Å². The van der Waals surface area contributed by atoms with E-state index in [4.69, 9.17) is 14.2 Å². The molecule has 1 fully saturated rings. The van der Waals surface area contributed by atoms with Gasteiger partial charge in [0, 0.05) is 26.2 Å². The summed E-state index contributed by atoms with van der Waals surface area (Å²) in [5.74, 6) is 2.35. The molecule has 0 atom stereocenters. The third-order valence-electron chi connectivity index (χ3n) is 4.34. The van der Waals surface area contributed by atoms with E-state index < -0.39 is 0 Å². The molecule has 7 heteroatoms. The lowest BCUT2D eigenvalue weighted by molar-refractivity contribution is 0.0376. The Morgan fingerprint density at radius 1 is 1.19 bits per heavy atom. The van der Waals surface area contributed by atoms with Crippen molar-refractivity contribution in [1.82, 2.24) is 15.5 Å². The molecule has 2 N–H and O–H groups in total. The fourth-order valence-corrected chi connectivity index (χ4v) is 2.93. The number of morpholine rings is 1. The van der Waals surface area contributed by atoms with Crippen LogP contribution in [-0.2, 0) is 11.3 Å². The van der Waals surface area contributed by atoms with Gasteiger partial charge in [-0.15, -0.1) is 0 Å². The quantitative estimate of drug-likeness (QED) is 0.368. The summed E-state index contributed by atoms with van der Waals surface area (Å²) in [7, 11) is 1.65. The van der Waals surface area contributed by atoms with E-state index in [9.17, 15) is 0 Å². The summed E-state index contributed by atoms with van der Waals surface area (Å²) in [4.78, 5) is 7.14. The molecule has 0 saturated carbocycles. The van der Waals surface area contributed by atoms with Crippen molar-refractivity contribution in [1.29, 1.82) is 0 Å². The number of methoxy groups -OCH3 is 1. The van der Waals surface area contributed by atoms with Gasteiger partial charge < -0.3 is 24.8 Å². The van der Waals surface area contributed by atoms with Crippen LogP contribution in [-0.4, -0.2) is 70.5 Å². The van der Waals surface area contributed by atoms with Crippen LogP contribution in [0.3, 0.4) is 0 Å². The van der Waals surface area contributed by atoms with Crippen LogP contribution < -0.4 is 20.1 Å². The number of ether oxygens (including phenoxy) is 3. The highest BCUT2D eigenvalue weighted by Crippen LogP contribution is 2.28. The van der Waals surface area contributed by atoms with Gasteiger partial charge in [0.25, 0.3) is 0 Å². The van der Waals surface area contributed by atoms with E-state index >= 15 is 0 Å². The van der Waals surface area contributed by atoms with Gasteiger partial charge in [0.05, 0.1) is 33.5 Å². The summed E-state index contributed by atoms with van der Waals surface area (Å²) in [5, 5.41) is 6.72. The maximum Gasteiger partial charge on any atom is 0.191 e. The van der Waals surface area contributed by atoms with Gasteiger partial charge >= 0.3 is 0 Å². The van der Waals surface area contributed by atoms with Crippen LogP contribution in [0.2, 0.25) is 0 Å². The van der Waals surface area contributed by atoms with Gasteiger partial charge in [0.2, 0.25) is 0 Å². The van der Waals surface area contributed by atoms with Crippen molar-refractivity contribution in [3.63, 3.8) is 0 Å². The monoisotopic (exact) mass is 378 g/mol. The molecule has 0 amide bonds. The number of hydrogen-bond acceptors (Lipinski definition) is 5. The van der Waals surface area contributed by atoms with Gasteiger partial charge in [-0.2, -0.15) is 0 Å². The minimum Gasteiger partial charge on any atom is -0.493 e. The third-order valence-corrected chi connectivity index (χ3v) is 4.34. The highest BCUT2D eigenvalue weighted by Gasteiger charge is 2.09. The lowest BCUT2D eigenvalue weighted by Gasteiger charge is -2.26. The van der Waals surface area contributed by atoms with E-state index in [0.717, 1.165) is 75.4 Å². The second-order valence-corrected chi connectivity index (χ2v) is 6.35. The number of hydrogen-bond donors (Lipinski definition) is 2. The van der Waals surface area contributed by atoms with Crippen molar-refractivity contribution in [2.75, 3.05) is 59.7 Å². The fourth-order valence-electron chi connectivity index (χ4n) is 2.93. The molecule has 27 heavy (non-hydrogen) atoms. The van der Waals surface area contributed by atoms with Crippen molar-refractivity contribution in [2.24, 2.45) is 4.99 Å². The van der Waals surface area contributed by atoms with Crippen LogP contribution in [0, 0.1) is 0 Å². The molecule has 1 heterocycles. The molecule has 0 bridgehead atoms. The predicted octanol–water partition coefficient (Wildman–Crippen LogP) is 1.87. The summed E-state index contributed by atoms with van der Waals surface area (Å²) in [6.07, 6.45) is 1.08. The molecule has 1 aliphatic heterocycles. The van der Waals surface area contributed by atoms with Gasteiger partial charge in [-0.05, 0) is 44.5 Å². The molecule has 7 nitrogen and oxygen atoms in total. The van der Waals surface area contributed by atoms with Crippen LogP contribution in [0.15, 0.2) is 23.2 Å². The van der Waals surface area contributed by atoms with Crippen molar-refractivity contribution in [2.45, 2.75) is 26.8 Å². The zero-order chi connectivity index (χ0) is 19.3. The first-order chi connectivity index (χ1) is 13.3. The van der Waals surface area contributed by atoms with E-state index in [2.05, 4.69) is 27.4 Å². The SMILES string of the molecule is CCNC(=NCc1ccc(OC)c(OCC)c1)NCCCN1CCOCC1. The Labute approximate surface area is 163 Å². The van der Waals surface area contributed by atoms with Crippen molar-refractivity contribution < 1.29 is 14.2 Å². The number of rotatable bonds is 10. The Balaban J connectivity index is 1.83. The number of guanidine groups is 1. The standard InChI is InChI=1S/C20H34N4O3/c1-4-21-20(22-9-6-10-24-11-13-26-14-12-24)23-16-17-7-8-18(25-3)19(15-17)27-5-2/h7-8,15H,4-6,9-14,16H2,1-3H3,(H2,21,22,23). The first-order valence-electron chi connectivity index (χ1n) is 9.88. The van der Waals surface area contributed by atoms with E-state index in [0.29, 0.717) is 13.2 Å². The van der Waals surface area contributed by atoms with Crippen molar-refractivity contribution in [3.05, 3.63) is 23.8 Å². The van der Waals surface area contributed by atoms with E-state index in [1.807, 2.05) is 25.1 Å². The Bertz CT molecular complexity index is 574. The topological polar surface area (TPSA) is 67.4 Å². The molecule has 2 rings (SSSR count). The largest absolute Gasteiger partial charge is 0.493 e. The molecule has 1 aromatic rings. The van der Waals surface area contributed by atoms with Gasteiger partial charge in [-0.1, -0.05) is 6.07 Å². The highest BCUT2D eigenvalue weighted by atomic mass is 16.5. The average molecular weight is 379 g/mol. The smallest absolute Gasteiger partial charge is 0.191 e. The molecule has 1 aliphatic rings. The number of nitrogens with zero attached hydrogens (tertiary/aromatic N) is 2. The molecular weight excluding hydrogens is 344 g/mol. The number of aliphatic imine (C=N–C) groups is 1. The molecule has 0 unspecified atom stereocenters. The van der Waals surface area contributed by atoms with Gasteiger partial charge in [-0.3, -0.25) is 4.90 Å². The van der Waals surface area contributed by atoms with Crippen LogP contribution >= 0.6 is 0 Å². The Morgan fingerprint density at radius 2 is 2.00 bits per heavy atom. The summed E-state index contributed by atoms with van der Waals surface area (Å²) in [6, 6.07) is 5.94. The maximum absolute atomic E-state index is 5.64. The summed E-state index contributed by atoms with van der Waals surface area (Å²) >= 11 is 0. The van der Waals surface area contributed by atoms with Crippen LogP contribution in [0.25, 0.3) is 0 Å². The van der Waals surface area contributed by atoms with Crippen LogP contribution in [0.1, 0.15) is 25.8 Å². The summed E-state index contributed by atoms with van der Waals surface area (Å²) < 4.78 is 16.4. The average Bonchev–Trinajstić information content (AvgIpc) is 2.70. The number of nitrogens with one attached hydrogen (secondary N) is 2. The number of benzene rings is 1. The lowest BCUT2D eigenvalue weighted by Crippen LogP contribution is -2.40. The lowest BCUT2D eigenvalue weighted by atomic mass is 10.2. The Hall–Kier alpha value is -1.99. The molecule has 0 radical (unpaired) electrons. The first-order valence-corrected chi connectivity index (χ1v) is 9.88. The first kappa shape index (κ1) is 21.3. The molecular formula is C20H34N4O3. The summed E-state index contributed by atoms with van der Waals surface area (Å²) in [5.41, 5.74) is 1.09. The zero-order valence-corrected chi connectivity index (χ0v) is 16.9. The molecule has 1 aromatic carbocycles. The van der Waals surface area contributed by atoms with Gasteiger partial charge in [0.15, 0.2) is 17.5 Å². The summed E-state index contributed by atoms with van der Waals surface area (Å²) in [6.45, 7) is 11.8. The minimum absolute atomic E-state index is 0.586. The van der Waals surface area contributed by atoms with Crippen LogP contribution in [0.5, 0.6) is 11.5 Å². The second kappa shape index (κ2) is 12.4. The molecule has 152 valence electrons. The second-order valence-electron chi connectivity index (χ2n) is 6.35. The third kappa shape index (κ3) is 7.64. The van der Waals surface area contributed by atoms with E-state index in [-0.39, 0.29) is 0 Å². The maximum atomic E-state index is 5.64. The Kier molecular flexibility index (Phi) is 9.79. The van der Waals surface area contributed by atoms with E-state index in [1.165, 1.54) is 0 Å². The highest BCUT2D eigenvalue weighted by molar-refractivity contribution is 5.79. The van der Waals surface area contributed by atoms with Crippen LogP contribution in [0.4, 0.5) is 0 Å². The van der Waals surface area contributed by atoms with Gasteiger partial charge in [0.1, 0.15) is 0 Å². The molecule has 0 aromatic heterocycles. The molecule has 0 aliphatic carbocycles. The Morgan fingerprint density at radius 3 is 2.70 bits per heavy atom. The molecule has 0 spiro atoms. The molecule has 1 saturated heterocycles. The predicted molar refractivity (Wildman–Crippen MR) is 109 cm³/mol. The normalized spacial score (nSPS) is 15.4.